The van der Waals surface area contributed by atoms with Crippen LogP contribution in [0.5, 0.6) is 0 Å². The third-order valence-electron chi connectivity index (χ3n) is 4.09. The van der Waals surface area contributed by atoms with Gasteiger partial charge in [-0.2, -0.15) is 0 Å². The zero-order chi connectivity index (χ0) is 23.6. The van der Waals surface area contributed by atoms with Crippen molar-refractivity contribution in [1.82, 2.24) is 14.0 Å². The maximum absolute atomic E-state index is 12.8. The first-order valence-electron chi connectivity index (χ1n) is 8.73. The van der Waals surface area contributed by atoms with E-state index < -0.39 is 41.8 Å². The summed E-state index contributed by atoms with van der Waals surface area (Å²) in [5.74, 6) is -0.975. The molecule has 0 radical (unpaired) electrons. The van der Waals surface area contributed by atoms with Crippen molar-refractivity contribution >= 4 is 37.9 Å². The molecule has 1 aromatic heterocycles. The number of rotatable bonds is 6. The molecule has 0 unspecified atom stereocenters. The Morgan fingerprint density at radius 3 is 2.16 bits per heavy atom. The molecule has 1 heterocycles. The number of amides is 2. The molecule has 0 fully saturated rings. The first-order valence-corrected chi connectivity index (χ1v) is 11.7. The molecule has 2 aromatic rings. The molecule has 0 spiro atoms. The Balaban J connectivity index is 2.42. The minimum absolute atomic E-state index is 0.0452. The van der Waals surface area contributed by atoms with Crippen molar-refractivity contribution in [2.45, 2.75) is 23.6 Å². The smallest absolute Gasteiger partial charge is 0.341 e. The highest BCUT2D eigenvalue weighted by molar-refractivity contribution is 7.92. The Morgan fingerprint density at radius 2 is 1.61 bits per heavy atom. The van der Waals surface area contributed by atoms with Gasteiger partial charge in [0.05, 0.1) is 7.11 Å². The second kappa shape index (κ2) is 8.99. The second-order valence-corrected chi connectivity index (χ2v) is 10.4. The molecule has 2 rings (SSSR count). The fourth-order valence-electron chi connectivity index (χ4n) is 2.68. The lowest BCUT2D eigenvalue weighted by Gasteiger charge is -2.16. The molecule has 0 aliphatic heterocycles. The minimum Gasteiger partial charge on any atom is -0.465 e. The van der Waals surface area contributed by atoms with Gasteiger partial charge in [-0.3, -0.25) is 5.32 Å². The van der Waals surface area contributed by atoms with Crippen molar-refractivity contribution in [2.24, 2.45) is 0 Å². The summed E-state index contributed by atoms with van der Waals surface area (Å²) in [5, 5.41) is 2.21. The van der Waals surface area contributed by atoms with E-state index >= 15 is 0 Å². The summed E-state index contributed by atoms with van der Waals surface area (Å²) in [6.45, 7) is 3.22. The molecule has 0 bridgehead atoms. The first kappa shape index (κ1) is 24.2. The third-order valence-corrected chi connectivity index (χ3v) is 7.48. The number of carbonyl (C=O) groups excluding carboxylic acids is 2. The second-order valence-electron chi connectivity index (χ2n) is 6.59. The zero-order valence-corrected chi connectivity index (χ0v) is 19.1. The quantitative estimate of drug-likeness (QED) is 0.598. The number of anilines is 1. The van der Waals surface area contributed by atoms with E-state index in [2.05, 4.69) is 15.0 Å². The lowest BCUT2D eigenvalue weighted by Crippen LogP contribution is -2.36. The number of nitrogens with zero attached hydrogens (tertiary/aromatic N) is 2. The van der Waals surface area contributed by atoms with Gasteiger partial charge in [-0.1, -0.05) is 12.1 Å². The molecule has 168 valence electrons. The summed E-state index contributed by atoms with van der Waals surface area (Å²) in [7, 11) is -5.06. The Hall–Kier alpha value is -3.03. The van der Waals surface area contributed by atoms with Gasteiger partial charge in [-0.25, -0.2) is 40.4 Å². The van der Waals surface area contributed by atoms with Gasteiger partial charge in [-0.05, 0) is 37.6 Å². The molecule has 0 saturated heterocycles. The van der Waals surface area contributed by atoms with Gasteiger partial charge in [0.2, 0.25) is 10.0 Å². The standard InChI is InChI=1S/C18H22N4O7S2/c1-11-10-12(2)19-16(15(11)17(23)29-5)20-18(24)21-30(25,26)13-8-6-7-9-14(13)31(27,28)22(3)4/h6-10H,1-5H3,(H2,19,20,21,24). The van der Waals surface area contributed by atoms with Crippen LogP contribution >= 0.6 is 0 Å². The van der Waals surface area contributed by atoms with Crippen LogP contribution in [0.15, 0.2) is 40.1 Å². The lowest BCUT2D eigenvalue weighted by atomic mass is 10.1. The van der Waals surface area contributed by atoms with Gasteiger partial charge in [-0.15, -0.1) is 0 Å². The van der Waals surface area contributed by atoms with E-state index in [1.807, 2.05) is 0 Å². The molecule has 2 N–H and O–H groups in total. The van der Waals surface area contributed by atoms with Crippen LogP contribution in [0.1, 0.15) is 21.6 Å². The van der Waals surface area contributed by atoms with Crippen LogP contribution in [0.2, 0.25) is 0 Å². The molecule has 1 aromatic carbocycles. The molecule has 0 atom stereocenters. The molecule has 2 amide bonds. The Bertz CT molecular complexity index is 1240. The van der Waals surface area contributed by atoms with E-state index in [0.29, 0.717) is 11.3 Å². The monoisotopic (exact) mass is 470 g/mol. The van der Waals surface area contributed by atoms with Crippen molar-refractivity contribution in [3.8, 4) is 0 Å². The molecule has 0 saturated carbocycles. The maximum atomic E-state index is 12.8. The normalized spacial score (nSPS) is 11.8. The van der Waals surface area contributed by atoms with Crippen LogP contribution in [-0.4, -0.2) is 59.3 Å². The number of sulfonamides is 2. The predicted molar refractivity (Wildman–Crippen MR) is 112 cm³/mol. The van der Waals surface area contributed by atoms with Crippen molar-refractivity contribution in [3.05, 3.63) is 47.2 Å². The number of carbonyl (C=O) groups is 2. The van der Waals surface area contributed by atoms with Gasteiger partial charge >= 0.3 is 12.0 Å². The van der Waals surface area contributed by atoms with Gasteiger partial charge in [0.1, 0.15) is 21.2 Å². The molecular formula is C18H22N4O7S2. The van der Waals surface area contributed by atoms with Crippen LogP contribution in [0.25, 0.3) is 0 Å². The fraction of sp³-hybridized carbons (Fsp3) is 0.278. The average molecular weight is 471 g/mol. The van der Waals surface area contributed by atoms with E-state index in [4.69, 9.17) is 0 Å². The lowest BCUT2D eigenvalue weighted by molar-refractivity contribution is 0.0600. The molecule has 13 heteroatoms. The van der Waals surface area contributed by atoms with Crippen LogP contribution in [0.4, 0.5) is 10.6 Å². The van der Waals surface area contributed by atoms with Gasteiger partial charge in [0.25, 0.3) is 10.0 Å². The highest BCUT2D eigenvalue weighted by Crippen LogP contribution is 2.23. The topological polar surface area (TPSA) is 152 Å². The summed E-state index contributed by atoms with van der Waals surface area (Å²) in [4.78, 5) is 27.4. The summed E-state index contributed by atoms with van der Waals surface area (Å²) in [6, 6.07) is 5.21. The summed E-state index contributed by atoms with van der Waals surface area (Å²) >= 11 is 0. The number of hydrogen-bond acceptors (Lipinski definition) is 8. The van der Waals surface area contributed by atoms with Crippen molar-refractivity contribution < 1.29 is 31.2 Å². The highest BCUT2D eigenvalue weighted by atomic mass is 32.2. The Morgan fingerprint density at radius 1 is 1.03 bits per heavy atom. The minimum atomic E-state index is -4.60. The number of hydrogen-bond donors (Lipinski definition) is 2. The average Bonchev–Trinajstić information content (AvgIpc) is 2.66. The number of pyridine rings is 1. The maximum Gasteiger partial charge on any atom is 0.341 e. The summed E-state index contributed by atoms with van der Waals surface area (Å²) < 4.78 is 57.8. The largest absolute Gasteiger partial charge is 0.465 e. The number of benzene rings is 1. The summed E-state index contributed by atoms with van der Waals surface area (Å²) in [5.41, 5.74) is 0.877. The van der Waals surface area contributed by atoms with E-state index in [0.717, 1.165) is 23.5 Å². The molecule has 0 aliphatic carbocycles. The predicted octanol–water partition coefficient (Wildman–Crippen LogP) is 1.25. The van der Waals surface area contributed by atoms with Gasteiger partial charge in [0, 0.05) is 19.8 Å². The molecular weight excluding hydrogens is 448 g/mol. The summed E-state index contributed by atoms with van der Waals surface area (Å²) in [6.07, 6.45) is 0. The Kier molecular flexibility index (Phi) is 7.03. The SMILES string of the molecule is COC(=O)c1c(C)cc(C)nc1NC(=O)NS(=O)(=O)c1ccccc1S(=O)(=O)N(C)C. The zero-order valence-electron chi connectivity index (χ0n) is 17.5. The van der Waals surface area contributed by atoms with Crippen LogP contribution in [-0.2, 0) is 24.8 Å². The van der Waals surface area contributed by atoms with Crippen molar-refractivity contribution in [1.29, 1.82) is 0 Å². The first-order chi connectivity index (χ1) is 14.3. The number of esters is 1. The van der Waals surface area contributed by atoms with Crippen molar-refractivity contribution in [2.75, 3.05) is 26.5 Å². The van der Waals surface area contributed by atoms with Crippen LogP contribution in [0.3, 0.4) is 0 Å². The molecule has 31 heavy (non-hydrogen) atoms. The van der Waals surface area contributed by atoms with Crippen LogP contribution in [0, 0.1) is 13.8 Å². The van der Waals surface area contributed by atoms with Crippen LogP contribution < -0.4 is 10.0 Å². The molecule has 0 aliphatic rings. The van der Waals surface area contributed by atoms with Gasteiger partial charge in [0.15, 0.2) is 0 Å². The number of aryl methyl sites for hydroxylation is 2. The Labute approximate surface area is 180 Å². The number of methoxy groups -OCH3 is 1. The highest BCUT2D eigenvalue weighted by Gasteiger charge is 2.29. The number of nitrogens with one attached hydrogen (secondary N) is 2. The number of ether oxygens (including phenoxy) is 1. The number of urea groups is 1. The van der Waals surface area contributed by atoms with E-state index in [-0.39, 0.29) is 11.4 Å². The number of aromatic nitrogens is 1. The van der Waals surface area contributed by atoms with E-state index in [1.165, 1.54) is 26.2 Å². The van der Waals surface area contributed by atoms with Crippen molar-refractivity contribution in [3.63, 3.8) is 0 Å². The van der Waals surface area contributed by atoms with E-state index in [1.54, 1.807) is 24.6 Å². The van der Waals surface area contributed by atoms with Gasteiger partial charge < -0.3 is 4.74 Å². The third kappa shape index (κ3) is 5.18. The fourth-order valence-corrected chi connectivity index (χ4v) is 5.29. The molecule has 11 nitrogen and oxygen atoms in total. The van der Waals surface area contributed by atoms with E-state index in [9.17, 15) is 26.4 Å².